The highest BCUT2D eigenvalue weighted by Gasteiger charge is 2.28. The van der Waals surface area contributed by atoms with Crippen LogP contribution in [0.15, 0.2) is 12.3 Å². The Morgan fingerprint density at radius 2 is 2.12 bits per heavy atom. The van der Waals surface area contributed by atoms with Gasteiger partial charge in [0.05, 0.1) is 17.0 Å². The fourth-order valence-corrected chi connectivity index (χ4v) is 1.22. The van der Waals surface area contributed by atoms with E-state index in [2.05, 4.69) is 4.98 Å². The van der Waals surface area contributed by atoms with Gasteiger partial charge in [-0.15, -0.1) is 0 Å². The molecular weight excluding hydrogens is 245 g/mol. The van der Waals surface area contributed by atoms with Crippen molar-refractivity contribution in [3.05, 3.63) is 22.8 Å². The number of carbonyl (C=O) groups excluding carboxylic acids is 1. The van der Waals surface area contributed by atoms with E-state index in [0.29, 0.717) is 0 Å². The lowest BCUT2D eigenvalue weighted by atomic mass is 10.1. The zero-order valence-electron chi connectivity index (χ0n) is 8.01. The molecule has 1 heterocycles. The van der Waals surface area contributed by atoms with Crippen molar-refractivity contribution in [2.75, 3.05) is 5.73 Å². The van der Waals surface area contributed by atoms with E-state index in [9.17, 15) is 18.0 Å². The van der Waals surface area contributed by atoms with Gasteiger partial charge in [0, 0.05) is 12.6 Å². The molecule has 0 bridgehead atoms. The molecule has 0 aliphatic rings. The predicted octanol–water partition coefficient (Wildman–Crippen LogP) is 2.84. The summed E-state index contributed by atoms with van der Waals surface area (Å²) < 4.78 is 35.7. The van der Waals surface area contributed by atoms with Crippen molar-refractivity contribution < 1.29 is 18.0 Å². The third-order valence-corrected chi connectivity index (χ3v) is 2.03. The van der Waals surface area contributed by atoms with Crippen LogP contribution in [0.25, 0.3) is 0 Å². The summed E-state index contributed by atoms with van der Waals surface area (Å²) in [4.78, 5) is 15.0. The minimum absolute atomic E-state index is 0.0725. The van der Waals surface area contributed by atoms with E-state index in [1.807, 2.05) is 0 Å². The van der Waals surface area contributed by atoms with Gasteiger partial charge in [-0.05, 0) is 6.07 Å². The Labute approximate surface area is 94.4 Å². The van der Waals surface area contributed by atoms with E-state index < -0.39 is 24.8 Å². The average molecular weight is 253 g/mol. The molecule has 88 valence electrons. The third-order valence-electron chi connectivity index (χ3n) is 1.82. The first-order valence-corrected chi connectivity index (χ1v) is 4.68. The number of nitrogen functional groups attached to an aromatic ring is 1. The number of halogens is 4. The molecule has 0 aliphatic heterocycles. The molecule has 0 spiro atoms. The molecule has 0 saturated heterocycles. The Morgan fingerprint density at radius 3 is 2.69 bits per heavy atom. The minimum atomic E-state index is -4.36. The zero-order chi connectivity index (χ0) is 12.3. The van der Waals surface area contributed by atoms with Crippen molar-refractivity contribution in [2.24, 2.45) is 0 Å². The molecule has 1 rings (SSSR count). The van der Waals surface area contributed by atoms with Gasteiger partial charge in [0.2, 0.25) is 0 Å². The first-order valence-electron chi connectivity index (χ1n) is 4.30. The topological polar surface area (TPSA) is 56.0 Å². The number of Topliss-reactive ketones (excluding diaryl/α,β-unsaturated/α-hetero) is 1. The molecule has 0 amide bonds. The van der Waals surface area contributed by atoms with Gasteiger partial charge in [-0.3, -0.25) is 4.79 Å². The summed E-state index contributed by atoms with van der Waals surface area (Å²) in [6.45, 7) is 0. The summed E-state index contributed by atoms with van der Waals surface area (Å²) in [7, 11) is 0. The molecular formula is C9H8ClF3N2O. The Kier molecular flexibility index (Phi) is 3.74. The van der Waals surface area contributed by atoms with E-state index in [1.54, 1.807) is 0 Å². The number of nitrogens with zero attached hydrogens (tertiary/aromatic N) is 1. The highest BCUT2D eigenvalue weighted by Crippen LogP contribution is 2.24. The van der Waals surface area contributed by atoms with Gasteiger partial charge in [0.25, 0.3) is 0 Å². The smallest absolute Gasteiger partial charge is 0.383 e. The van der Waals surface area contributed by atoms with Crippen LogP contribution in [0.2, 0.25) is 5.02 Å². The molecule has 0 aliphatic carbocycles. The van der Waals surface area contributed by atoms with Crippen LogP contribution in [0.5, 0.6) is 0 Å². The lowest BCUT2D eigenvalue weighted by Gasteiger charge is -2.06. The van der Waals surface area contributed by atoms with Crippen molar-refractivity contribution in [1.82, 2.24) is 4.98 Å². The van der Waals surface area contributed by atoms with E-state index in [4.69, 9.17) is 17.3 Å². The largest absolute Gasteiger partial charge is 0.389 e. The Balaban J connectivity index is 2.77. The summed E-state index contributed by atoms with van der Waals surface area (Å²) in [5.74, 6) is -0.832. The van der Waals surface area contributed by atoms with Crippen LogP contribution in [0.4, 0.5) is 19.0 Å². The fourth-order valence-electron chi connectivity index (χ4n) is 1.06. The molecule has 2 N–H and O–H groups in total. The van der Waals surface area contributed by atoms with Crippen molar-refractivity contribution in [3.63, 3.8) is 0 Å². The Bertz CT molecular complexity index is 406. The van der Waals surface area contributed by atoms with E-state index in [-0.39, 0.29) is 16.4 Å². The van der Waals surface area contributed by atoms with Crippen LogP contribution in [-0.2, 0) is 0 Å². The van der Waals surface area contributed by atoms with Gasteiger partial charge in [-0.2, -0.15) is 13.2 Å². The van der Waals surface area contributed by atoms with Gasteiger partial charge < -0.3 is 5.73 Å². The van der Waals surface area contributed by atoms with Gasteiger partial charge in [-0.25, -0.2) is 4.98 Å². The SMILES string of the molecule is Nc1ncc(Cl)cc1C(=O)CCC(F)(F)F. The first-order chi connectivity index (χ1) is 7.29. The number of pyridine rings is 1. The highest BCUT2D eigenvalue weighted by molar-refractivity contribution is 6.31. The summed E-state index contributed by atoms with van der Waals surface area (Å²) in [5, 5.41) is 0.157. The molecule has 0 radical (unpaired) electrons. The normalized spacial score (nSPS) is 11.5. The Hall–Kier alpha value is -1.30. The van der Waals surface area contributed by atoms with Crippen molar-refractivity contribution >= 4 is 23.2 Å². The fraction of sp³-hybridized carbons (Fsp3) is 0.333. The number of anilines is 1. The van der Waals surface area contributed by atoms with E-state index in [1.165, 1.54) is 12.3 Å². The summed E-state index contributed by atoms with van der Waals surface area (Å²) in [6, 6.07) is 1.21. The molecule has 3 nitrogen and oxygen atoms in total. The number of carbonyl (C=O) groups is 1. The van der Waals surface area contributed by atoms with Crippen LogP contribution < -0.4 is 5.73 Å². The lowest BCUT2D eigenvalue weighted by Crippen LogP contribution is -2.12. The van der Waals surface area contributed by atoms with Crippen molar-refractivity contribution in [1.29, 1.82) is 0 Å². The van der Waals surface area contributed by atoms with Crippen LogP contribution in [0.1, 0.15) is 23.2 Å². The van der Waals surface area contributed by atoms with Crippen molar-refractivity contribution in [2.45, 2.75) is 19.0 Å². The standard InChI is InChI=1S/C9H8ClF3N2O/c10-5-3-6(8(14)15-4-5)7(16)1-2-9(11,12)13/h3-4H,1-2H2,(H2,14,15). The van der Waals surface area contributed by atoms with Crippen molar-refractivity contribution in [3.8, 4) is 0 Å². The average Bonchev–Trinajstić information content (AvgIpc) is 2.17. The molecule has 0 unspecified atom stereocenters. The Morgan fingerprint density at radius 1 is 1.50 bits per heavy atom. The monoisotopic (exact) mass is 252 g/mol. The first kappa shape index (κ1) is 12.8. The number of hydrogen-bond donors (Lipinski definition) is 1. The molecule has 0 aromatic carbocycles. The quantitative estimate of drug-likeness (QED) is 0.842. The highest BCUT2D eigenvalue weighted by atomic mass is 35.5. The molecule has 7 heteroatoms. The third kappa shape index (κ3) is 3.69. The number of rotatable bonds is 3. The molecule has 1 aromatic rings. The second-order valence-corrected chi connectivity index (χ2v) is 3.56. The summed E-state index contributed by atoms with van der Waals surface area (Å²) in [6.07, 6.45) is -4.98. The maximum atomic E-state index is 11.9. The zero-order valence-corrected chi connectivity index (χ0v) is 8.77. The van der Waals surface area contributed by atoms with Crippen LogP contribution in [-0.4, -0.2) is 16.9 Å². The predicted molar refractivity (Wildman–Crippen MR) is 53.3 cm³/mol. The second-order valence-electron chi connectivity index (χ2n) is 3.12. The molecule has 0 fully saturated rings. The number of ketones is 1. The summed E-state index contributed by atoms with van der Waals surface area (Å²) in [5.41, 5.74) is 5.29. The number of alkyl halides is 3. The lowest BCUT2D eigenvalue weighted by molar-refractivity contribution is -0.133. The molecule has 1 aromatic heterocycles. The van der Waals surface area contributed by atoms with Gasteiger partial charge >= 0.3 is 6.18 Å². The number of nitrogens with two attached hydrogens (primary N) is 1. The molecule has 0 saturated carbocycles. The second kappa shape index (κ2) is 4.69. The van der Waals surface area contributed by atoms with Crippen LogP contribution >= 0.6 is 11.6 Å². The van der Waals surface area contributed by atoms with Gasteiger partial charge in [-0.1, -0.05) is 11.6 Å². The maximum Gasteiger partial charge on any atom is 0.389 e. The van der Waals surface area contributed by atoms with Crippen LogP contribution in [0.3, 0.4) is 0 Å². The number of hydrogen-bond acceptors (Lipinski definition) is 3. The molecule has 0 atom stereocenters. The van der Waals surface area contributed by atoms with Gasteiger partial charge in [0.15, 0.2) is 5.78 Å². The van der Waals surface area contributed by atoms with Gasteiger partial charge in [0.1, 0.15) is 5.82 Å². The maximum absolute atomic E-state index is 11.9. The summed E-state index contributed by atoms with van der Waals surface area (Å²) >= 11 is 5.56. The van der Waals surface area contributed by atoms with Crippen LogP contribution in [0, 0.1) is 0 Å². The van der Waals surface area contributed by atoms with E-state index >= 15 is 0 Å². The minimum Gasteiger partial charge on any atom is -0.383 e. The molecule has 16 heavy (non-hydrogen) atoms. The van der Waals surface area contributed by atoms with E-state index in [0.717, 1.165) is 0 Å². The number of aromatic nitrogens is 1.